The maximum Gasteiger partial charge on any atom is 0.242 e. The maximum absolute atomic E-state index is 13.2. The summed E-state index contributed by atoms with van der Waals surface area (Å²) in [6.45, 7) is 4.67. The highest BCUT2D eigenvalue weighted by molar-refractivity contribution is 5.88. The lowest BCUT2D eigenvalue weighted by atomic mass is 10.1. The molecule has 0 fully saturated rings. The number of methoxy groups -OCH3 is 2. The van der Waals surface area contributed by atoms with Gasteiger partial charge in [-0.15, -0.1) is 0 Å². The van der Waals surface area contributed by atoms with Crippen LogP contribution in [0, 0.1) is 0 Å². The average Bonchev–Trinajstić information content (AvgIpc) is 2.74. The Bertz CT molecular complexity index is 788. The van der Waals surface area contributed by atoms with Gasteiger partial charge in [0.05, 0.1) is 20.6 Å². The summed E-state index contributed by atoms with van der Waals surface area (Å²) >= 11 is 0. The maximum atomic E-state index is 13.2. The Morgan fingerprint density at radius 2 is 1.41 bits per heavy atom. The van der Waals surface area contributed by atoms with E-state index >= 15 is 0 Å². The topological polar surface area (TPSA) is 67.9 Å². The van der Waals surface area contributed by atoms with E-state index in [1.54, 1.807) is 19.1 Å². The average molecular weight is 399 g/mol. The molecule has 2 aromatic rings. The van der Waals surface area contributed by atoms with E-state index in [4.69, 9.17) is 9.47 Å². The zero-order valence-corrected chi connectivity index (χ0v) is 17.6. The number of carbonyl (C=O) groups is 2. The van der Waals surface area contributed by atoms with Crippen molar-refractivity contribution in [2.75, 3.05) is 20.8 Å². The molecule has 0 aliphatic heterocycles. The Labute approximate surface area is 172 Å². The standard InChI is InChI=1S/C23H30N2O4/c1-5-21(23(27)24-6-2)25(16-18-9-13-20(29-4)14-10-18)22(26)15-17-7-11-19(28-3)12-8-17/h7-14,21H,5-6,15-16H2,1-4H3,(H,24,27)/t21-/m0/s1. The molecule has 2 amide bonds. The first-order valence-electron chi connectivity index (χ1n) is 9.85. The van der Waals surface area contributed by atoms with Crippen LogP contribution >= 0.6 is 0 Å². The summed E-state index contributed by atoms with van der Waals surface area (Å²) in [4.78, 5) is 27.5. The molecule has 156 valence electrons. The predicted octanol–water partition coefficient (Wildman–Crippen LogP) is 3.19. The summed E-state index contributed by atoms with van der Waals surface area (Å²) in [6, 6.07) is 14.4. The summed E-state index contributed by atoms with van der Waals surface area (Å²) < 4.78 is 10.4. The zero-order valence-electron chi connectivity index (χ0n) is 17.6. The van der Waals surface area contributed by atoms with Crippen LogP contribution in [0.15, 0.2) is 48.5 Å². The van der Waals surface area contributed by atoms with Crippen LogP contribution in [0.4, 0.5) is 0 Å². The van der Waals surface area contributed by atoms with Gasteiger partial charge in [-0.1, -0.05) is 31.2 Å². The smallest absolute Gasteiger partial charge is 0.242 e. The molecule has 2 rings (SSSR count). The Morgan fingerprint density at radius 3 is 1.86 bits per heavy atom. The second kappa shape index (κ2) is 11.1. The molecule has 29 heavy (non-hydrogen) atoms. The number of nitrogens with zero attached hydrogens (tertiary/aromatic N) is 1. The molecule has 6 nitrogen and oxygen atoms in total. The molecular formula is C23H30N2O4. The van der Waals surface area contributed by atoms with Crippen LogP contribution in [0.5, 0.6) is 11.5 Å². The van der Waals surface area contributed by atoms with Crippen LogP contribution < -0.4 is 14.8 Å². The Balaban J connectivity index is 2.25. The molecule has 0 saturated carbocycles. The quantitative estimate of drug-likeness (QED) is 0.667. The van der Waals surface area contributed by atoms with Gasteiger partial charge in [0.25, 0.3) is 0 Å². The van der Waals surface area contributed by atoms with Crippen LogP contribution in [-0.4, -0.2) is 43.5 Å². The van der Waals surface area contributed by atoms with E-state index in [9.17, 15) is 9.59 Å². The van der Waals surface area contributed by atoms with Gasteiger partial charge < -0.3 is 19.7 Å². The van der Waals surface area contributed by atoms with E-state index in [0.717, 1.165) is 22.6 Å². The largest absolute Gasteiger partial charge is 0.497 e. The Hall–Kier alpha value is -3.02. The molecule has 0 aromatic heterocycles. The highest BCUT2D eigenvalue weighted by Crippen LogP contribution is 2.18. The van der Waals surface area contributed by atoms with Crippen molar-refractivity contribution in [2.45, 2.75) is 39.3 Å². The van der Waals surface area contributed by atoms with Crippen molar-refractivity contribution in [1.29, 1.82) is 0 Å². The van der Waals surface area contributed by atoms with Gasteiger partial charge in [0, 0.05) is 13.1 Å². The first-order valence-corrected chi connectivity index (χ1v) is 9.85. The molecule has 0 saturated heterocycles. The van der Waals surface area contributed by atoms with Gasteiger partial charge >= 0.3 is 0 Å². The fourth-order valence-corrected chi connectivity index (χ4v) is 3.16. The molecule has 1 N–H and O–H groups in total. The minimum absolute atomic E-state index is 0.0934. The zero-order chi connectivity index (χ0) is 21.2. The number of rotatable bonds is 10. The number of benzene rings is 2. The number of ether oxygens (including phenoxy) is 2. The van der Waals surface area contributed by atoms with E-state index in [2.05, 4.69) is 5.32 Å². The number of amides is 2. The molecule has 0 aliphatic carbocycles. The van der Waals surface area contributed by atoms with E-state index < -0.39 is 6.04 Å². The molecule has 0 spiro atoms. The summed E-state index contributed by atoms with van der Waals surface area (Å²) in [7, 11) is 3.22. The lowest BCUT2D eigenvalue weighted by Crippen LogP contribution is -2.49. The molecule has 0 unspecified atom stereocenters. The lowest BCUT2D eigenvalue weighted by molar-refractivity contribution is -0.140. The lowest BCUT2D eigenvalue weighted by Gasteiger charge is -2.30. The van der Waals surface area contributed by atoms with Gasteiger partial charge in [0.2, 0.25) is 11.8 Å². The summed E-state index contributed by atoms with van der Waals surface area (Å²) in [5.41, 5.74) is 1.82. The van der Waals surface area contributed by atoms with Crippen LogP contribution in [0.3, 0.4) is 0 Å². The van der Waals surface area contributed by atoms with Crippen molar-refractivity contribution in [3.05, 3.63) is 59.7 Å². The highest BCUT2D eigenvalue weighted by Gasteiger charge is 2.28. The molecule has 6 heteroatoms. The van der Waals surface area contributed by atoms with Gasteiger partial charge in [-0.3, -0.25) is 9.59 Å². The third kappa shape index (κ3) is 6.24. The molecule has 0 aliphatic rings. The summed E-state index contributed by atoms with van der Waals surface area (Å²) in [6.07, 6.45) is 0.756. The number of hydrogen-bond donors (Lipinski definition) is 1. The number of nitrogens with one attached hydrogen (secondary N) is 1. The molecule has 0 radical (unpaired) electrons. The number of carbonyl (C=O) groups excluding carboxylic acids is 2. The van der Waals surface area contributed by atoms with Gasteiger partial charge in [-0.25, -0.2) is 0 Å². The second-order valence-corrected chi connectivity index (χ2v) is 6.71. The molecule has 1 atom stereocenters. The minimum atomic E-state index is -0.525. The van der Waals surface area contributed by atoms with Gasteiger partial charge in [0.15, 0.2) is 0 Å². The third-order valence-electron chi connectivity index (χ3n) is 4.76. The Morgan fingerprint density at radius 1 is 0.897 bits per heavy atom. The van der Waals surface area contributed by atoms with E-state index in [1.807, 2.05) is 62.4 Å². The Kier molecular flexibility index (Phi) is 8.52. The predicted molar refractivity (Wildman–Crippen MR) is 113 cm³/mol. The van der Waals surface area contributed by atoms with Gasteiger partial charge in [-0.2, -0.15) is 0 Å². The van der Waals surface area contributed by atoms with Gasteiger partial charge in [-0.05, 0) is 48.7 Å². The molecule has 0 bridgehead atoms. The van der Waals surface area contributed by atoms with E-state index in [1.165, 1.54) is 0 Å². The van der Waals surface area contributed by atoms with Gasteiger partial charge in [0.1, 0.15) is 17.5 Å². The van der Waals surface area contributed by atoms with E-state index in [-0.39, 0.29) is 18.2 Å². The monoisotopic (exact) mass is 398 g/mol. The van der Waals surface area contributed by atoms with Crippen LogP contribution in [0.2, 0.25) is 0 Å². The van der Waals surface area contributed by atoms with Crippen LogP contribution in [-0.2, 0) is 22.6 Å². The molecule has 2 aromatic carbocycles. The van der Waals surface area contributed by atoms with Crippen molar-refractivity contribution in [3.8, 4) is 11.5 Å². The number of likely N-dealkylation sites (N-methyl/N-ethyl adjacent to an activating group) is 1. The first kappa shape index (κ1) is 22.3. The van der Waals surface area contributed by atoms with Crippen LogP contribution in [0.25, 0.3) is 0 Å². The highest BCUT2D eigenvalue weighted by atomic mass is 16.5. The van der Waals surface area contributed by atoms with Crippen LogP contribution in [0.1, 0.15) is 31.4 Å². The van der Waals surface area contributed by atoms with Crippen molar-refractivity contribution in [3.63, 3.8) is 0 Å². The van der Waals surface area contributed by atoms with E-state index in [0.29, 0.717) is 19.5 Å². The molecular weight excluding hydrogens is 368 g/mol. The molecule has 0 heterocycles. The normalized spacial score (nSPS) is 11.4. The second-order valence-electron chi connectivity index (χ2n) is 6.71. The number of hydrogen-bond acceptors (Lipinski definition) is 4. The third-order valence-corrected chi connectivity index (χ3v) is 4.76. The van der Waals surface area contributed by atoms with Crippen molar-refractivity contribution in [1.82, 2.24) is 10.2 Å². The summed E-state index contributed by atoms with van der Waals surface area (Å²) in [5, 5.41) is 2.85. The SMILES string of the molecule is CCNC(=O)[C@H](CC)N(Cc1ccc(OC)cc1)C(=O)Cc1ccc(OC)cc1. The fraction of sp³-hybridized carbons (Fsp3) is 0.391. The first-order chi connectivity index (χ1) is 14.0. The summed E-state index contributed by atoms with van der Waals surface area (Å²) in [5.74, 6) is 1.27. The van der Waals surface area contributed by atoms with Crippen molar-refractivity contribution >= 4 is 11.8 Å². The van der Waals surface area contributed by atoms with Crippen molar-refractivity contribution in [2.24, 2.45) is 0 Å². The van der Waals surface area contributed by atoms with Crippen molar-refractivity contribution < 1.29 is 19.1 Å². The minimum Gasteiger partial charge on any atom is -0.497 e. The fourth-order valence-electron chi connectivity index (χ4n) is 3.16.